The first kappa shape index (κ1) is 20.3. The van der Waals surface area contributed by atoms with E-state index in [9.17, 15) is 13.6 Å². The summed E-state index contributed by atoms with van der Waals surface area (Å²) in [5.41, 5.74) is 1.56. The predicted molar refractivity (Wildman–Crippen MR) is 109 cm³/mol. The van der Waals surface area contributed by atoms with Gasteiger partial charge in [-0.2, -0.15) is 0 Å². The van der Waals surface area contributed by atoms with Crippen LogP contribution in [0, 0.1) is 17.6 Å². The number of carbonyl (C=O) groups is 1. The molecule has 2 atom stereocenters. The highest BCUT2D eigenvalue weighted by Gasteiger charge is 2.33. The highest BCUT2D eigenvalue weighted by Crippen LogP contribution is 2.35. The fourth-order valence-electron chi connectivity index (χ4n) is 4.09. The van der Waals surface area contributed by atoms with Gasteiger partial charge in [-0.15, -0.1) is 0 Å². The molecule has 6 heteroatoms. The molecule has 0 spiro atoms. The maximum Gasteiger partial charge on any atom is 0.224 e. The van der Waals surface area contributed by atoms with E-state index in [4.69, 9.17) is 4.42 Å². The number of benzene rings is 2. The van der Waals surface area contributed by atoms with E-state index in [1.165, 1.54) is 12.1 Å². The van der Waals surface area contributed by atoms with Crippen LogP contribution < -0.4 is 5.32 Å². The minimum atomic E-state index is -0.593. The summed E-state index contributed by atoms with van der Waals surface area (Å²) in [5.74, 6) is -0.701. The Morgan fingerprint density at radius 1 is 1.07 bits per heavy atom. The Labute approximate surface area is 174 Å². The van der Waals surface area contributed by atoms with Crippen LogP contribution in [0.15, 0.2) is 71.3 Å². The van der Waals surface area contributed by atoms with Crippen LogP contribution in [-0.4, -0.2) is 17.4 Å². The Bertz CT molecular complexity index is 976. The van der Waals surface area contributed by atoms with Crippen molar-refractivity contribution >= 4 is 5.91 Å². The number of piperidine rings is 1. The van der Waals surface area contributed by atoms with Gasteiger partial charge in [-0.25, -0.2) is 8.78 Å². The van der Waals surface area contributed by atoms with Crippen molar-refractivity contribution < 1.29 is 18.0 Å². The van der Waals surface area contributed by atoms with Gasteiger partial charge in [-0.05, 0) is 36.6 Å². The number of amides is 1. The number of furan rings is 1. The van der Waals surface area contributed by atoms with Gasteiger partial charge in [-0.3, -0.25) is 9.69 Å². The number of hydrogen-bond acceptors (Lipinski definition) is 3. The first-order chi connectivity index (χ1) is 14.6. The Balaban J connectivity index is 1.50. The summed E-state index contributed by atoms with van der Waals surface area (Å²) >= 11 is 0. The molecule has 0 saturated carbocycles. The van der Waals surface area contributed by atoms with Crippen molar-refractivity contribution in [2.45, 2.75) is 32.0 Å². The van der Waals surface area contributed by atoms with E-state index in [1.54, 1.807) is 12.3 Å². The summed E-state index contributed by atoms with van der Waals surface area (Å²) in [6.07, 6.45) is 3.10. The molecule has 1 N–H and O–H groups in total. The third-order valence-electron chi connectivity index (χ3n) is 5.64. The Morgan fingerprint density at radius 2 is 1.90 bits per heavy atom. The molecule has 1 fully saturated rings. The first-order valence-electron chi connectivity index (χ1n) is 10.1. The fraction of sp³-hybridized carbons (Fsp3) is 0.292. The van der Waals surface area contributed by atoms with Crippen LogP contribution in [-0.2, 0) is 17.9 Å². The molecule has 1 aromatic heterocycles. The summed E-state index contributed by atoms with van der Waals surface area (Å²) in [7, 11) is 0. The SMILES string of the molecule is O=C(NCc1ccco1)C1CCC(c2ccccc2)N(Cc2ccc(F)cc2F)C1. The van der Waals surface area contributed by atoms with Gasteiger partial charge in [0.2, 0.25) is 5.91 Å². The maximum atomic E-state index is 14.3. The summed E-state index contributed by atoms with van der Waals surface area (Å²) in [6.45, 7) is 1.16. The molecule has 4 rings (SSSR count). The molecule has 0 bridgehead atoms. The van der Waals surface area contributed by atoms with Gasteiger partial charge in [0.15, 0.2) is 0 Å². The van der Waals surface area contributed by atoms with E-state index in [-0.39, 0.29) is 17.9 Å². The average molecular weight is 410 g/mol. The van der Waals surface area contributed by atoms with Crippen molar-refractivity contribution in [1.82, 2.24) is 10.2 Å². The Morgan fingerprint density at radius 3 is 2.63 bits per heavy atom. The van der Waals surface area contributed by atoms with Gasteiger partial charge < -0.3 is 9.73 Å². The minimum Gasteiger partial charge on any atom is -0.467 e. The molecule has 30 heavy (non-hydrogen) atoms. The van der Waals surface area contributed by atoms with Gasteiger partial charge in [0, 0.05) is 30.8 Å². The van der Waals surface area contributed by atoms with E-state index in [1.807, 2.05) is 24.3 Å². The molecule has 1 aliphatic heterocycles. The zero-order chi connectivity index (χ0) is 20.9. The summed E-state index contributed by atoms with van der Waals surface area (Å²) in [6, 6.07) is 17.4. The van der Waals surface area contributed by atoms with E-state index >= 15 is 0 Å². The lowest BCUT2D eigenvalue weighted by Crippen LogP contribution is -2.44. The lowest BCUT2D eigenvalue weighted by atomic mass is 9.88. The molecule has 0 aliphatic carbocycles. The smallest absolute Gasteiger partial charge is 0.224 e. The molecule has 2 unspecified atom stereocenters. The number of rotatable bonds is 6. The number of hydrogen-bond donors (Lipinski definition) is 1. The van der Waals surface area contributed by atoms with Crippen LogP contribution in [0.25, 0.3) is 0 Å². The average Bonchev–Trinajstić information content (AvgIpc) is 3.28. The van der Waals surface area contributed by atoms with E-state index in [0.717, 1.165) is 24.5 Å². The predicted octanol–water partition coefficient (Wildman–Crippen LogP) is 4.83. The van der Waals surface area contributed by atoms with Crippen LogP contribution in [0.4, 0.5) is 8.78 Å². The topological polar surface area (TPSA) is 45.5 Å². The van der Waals surface area contributed by atoms with Gasteiger partial charge in [0.05, 0.1) is 18.7 Å². The number of nitrogens with one attached hydrogen (secondary N) is 1. The van der Waals surface area contributed by atoms with Crippen LogP contribution in [0.2, 0.25) is 0 Å². The molecule has 1 amide bonds. The molecule has 3 aromatic rings. The third-order valence-corrected chi connectivity index (χ3v) is 5.64. The fourth-order valence-corrected chi connectivity index (χ4v) is 4.09. The van der Waals surface area contributed by atoms with Gasteiger partial charge >= 0.3 is 0 Å². The molecular formula is C24H24F2N2O2. The minimum absolute atomic E-state index is 0.0394. The molecular weight excluding hydrogens is 386 g/mol. The monoisotopic (exact) mass is 410 g/mol. The largest absolute Gasteiger partial charge is 0.467 e. The highest BCUT2D eigenvalue weighted by molar-refractivity contribution is 5.78. The maximum absolute atomic E-state index is 14.3. The Kier molecular flexibility index (Phi) is 6.23. The van der Waals surface area contributed by atoms with Gasteiger partial charge in [0.25, 0.3) is 0 Å². The van der Waals surface area contributed by atoms with Crippen molar-refractivity contribution in [3.05, 3.63) is 95.4 Å². The van der Waals surface area contributed by atoms with Crippen LogP contribution in [0.3, 0.4) is 0 Å². The van der Waals surface area contributed by atoms with Crippen molar-refractivity contribution in [2.24, 2.45) is 5.92 Å². The van der Waals surface area contributed by atoms with Crippen molar-refractivity contribution in [3.63, 3.8) is 0 Å². The lowest BCUT2D eigenvalue weighted by Gasteiger charge is -2.39. The quantitative estimate of drug-likeness (QED) is 0.633. The van der Waals surface area contributed by atoms with Crippen LogP contribution >= 0.6 is 0 Å². The number of carbonyl (C=O) groups excluding carboxylic acids is 1. The Hall–Kier alpha value is -2.99. The van der Waals surface area contributed by atoms with E-state index in [0.29, 0.717) is 31.0 Å². The zero-order valence-corrected chi connectivity index (χ0v) is 16.6. The second kappa shape index (κ2) is 9.22. The van der Waals surface area contributed by atoms with Crippen molar-refractivity contribution in [2.75, 3.05) is 6.54 Å². The number of likely N-dealkylation sites (tertiary alicyclic amines) is 1. The summed E-state index contributed by atoms with van der Waals surface area (Å²) < 4.78 is 32.9. The molecule has 156 valence electrons. The number of nitrogens with zero attached hydrogens (tertiary/aromatic N) is 1. The summed E-state index contributed by atoms with van der Waals surface area (Å²) in [4.78, 5) is 14.9. The van der Waals surface area contributed by atoms with Gasteiger partial charge in [-0.1, -0.05) is 36.4 Å². The number of halogens is 2. The second-order valence-corrected chi connectivity index (χ2v) is 7.66. The molecule has 1 saturated heterocycles. The van der Waals surface area contributed by atoms with Gasteiger partial charge in [0.1, 0.15) is 17.4 Å². The van der Waals surface area contributed by atoms with Crippen LogP contribution in [0.5, 0.6) is 0 Å². The summed E-state index contributed by atoms with van der Waals surface area (Å²) in [5, 5.41) is 2.93. The van der Waals surface area contributed by atoms with E-state index in [2.05, 4.69) is 22.3 Å². The van der Waals surface area contributed by atoms with Crippen molar-refractivity contribution in [1.29, 1.82) is 0 Å². The normalized spacial score (nSPS) is 19.5. The third kappa shape index (κ3) is 4.76. The van der Waals surface area contributed by atoms with E-state index < -0.39 is 11.6 Å². The molecule has 0 radical (unpaired) electrons. The standard InChI is InChI=1S/C24H24F2N2O2/c25-20-10-8-18(22(26)13-20)15-28-16-19(24(29)27-14-21-7-4-12-30-21)9-11-23(28)17-5-2-1-3-6-17/h1-8,10,12-13,19,23H,9,11,14-16H2,(H,27,29). The highest BCUT2D eigenvalue weighted by atomic mass is 19.1. The first-order valence-corrected chi connectivity index (χ1v) is 10.1. The molecule has 2 aromatic carbocycles. The lowest BCUT2D eigenvalue weighted by molar-refractivity contribution is -0.127. The van der Waals surface area contributed by atoms with Crippen molar-refractivity contribution in [3.8, 4) is 0 Å². The zero-order valence-electron chi connectivity index (χ0n) is 16.6. The molecule has 1 aliphatic rings. The van der Waals surface area contributed by atoms with Crippen LogP contribution in [0.1, 0.15) is 35.8 Å². The second-order valence-electron chi connectivity index (χ2n) is 7.66. The molecule has 4 nitrogen and oxygen atoms in total. The molecule has 2 heterocycles.